The monoisotopic (exact) mass is 235 g/mol. The van der Waals surface area contributed by atoms with Gasteiger partial charge in [0.2, 0.25) is 0 Å². The lowest BCUT2D eigenvalue weighted by molar-refractivity contribution is -0.140. The molecule has 2 rings (SSSR count). The van der Waals surface area contributed by atoms with E-state index >= 15 is 0 Å². The Morgan fingerprint density at radius 3 is 2.94 bits per heavy atom. The fraction of sp³-hybridized carbons (Fsp3) is 0.462. The first-order valence-corrected chi connectivity index (χ1v) is 5.81. The zero-order chi connectivity index (χ0) is 12.4. The van der Waals surface area contributed by atoms with E-state index in [0.29, 0.717) is 5.75 Å². The quantitative estimate of drug-likeness (QED) is 0.838. The maximum Gasteiger partial charge on any atom is 0.325 e. The van der Waals surface area contributed by atoms with Crippen LogP contribution in [0, 0.1) is 0 Å². The molecule has 4 nitrogen and oxygen atoms in total. The molecule has 0 radical (unpaired) electrons. The molecule has 4 heteroatoms. The van der Waals surface area contributed by atoms with Crippen LogP contribution >= 0.6 is 0 Å². The Hall–Kier alpha value is -1.55. The number of hydrogen-bond donors (Lipinski definition) is 2. The average molecular weight is 235 g/mol. The van der Waals surface area contributed by atoms with Gasteiger partial charge in [-0.2, -0.15) is 0 Å². The molecule has 2 atom stereocenters. The standard InChI is InChI=1S/C13H17NO3/c1-3-9-6-8-4-5-10(17-2)7-11(8)12(14-9)13(15)16/h4-5,7,9,12,14H,3,6H2,1-2H3,(H,15,16). The van der Waals surface area contributed by atoms with Gasteiger partial charge in [0.15, 0.2) is 0 Å². The molecule has 17 heavy (non-hydrogen) atoms. The molecular weight excluding hydrogens is 218 g/mol. The van der Waals surface area contributed by atoms with Gasteiger partial charge in [-0.05, 0) is 36.1 Å². The van der Waals surface area contributed by atoms with Crippen molar-refractivity contribution in [2.75, 3.05) is 7.11 Å². The van der Waals surface area contributed by atoms with E-state index in [2.05, 4.69) is 12.2 Å². The molecule has 0 amide bonds. The highest BCUT2D eigenvalue weighted by molar-refractivity contribution is 5.77. The predicted octanol–water partition coefficient (Wildman–Crippen LogP) is 1.75. The van der Waals surface area contributed by atoms with Crippen LogP contribution in [-0.2, 0) is 11.2 Å². The SMILES string of the molecule is CCC1Cc2ccc(OC)cc2C(C(=O)O)N1. The Morgan fingerprint density at radius 1 is 1.59 bits per heavy atom. The topological polar surface area (TPSA) is 58.6 Å². The van der Waals surface area contributed by atoms with Gasteiger partial charge < -0.3 is 9.84 Å². The third-order valence-corrected chi connectivity index (χ3v) is 3.27. The number of benzene rings is 1. The minimum atomic E-state index is -0.836. The summed E-state index contributed by atoms with van der Waals surface area (Å²) in [5.41, 5.74) is 1.92. The number of rotatable bonds is 3. The first-order chi connectivity index (χ1) is 8.15. The molecule has 1 heterocycles. The van der Waals surface area contributed by atoms with Crippen LogP contribution in [0.1, 0.15) is 30.5 Å². The van der Waals surface area contributed by atoms with Crippen molar-refractivity contribution >= 4 is 5.97 Å². The van der Waals surface area contributed by atoms with Gasteiger partial charge in [-0.1, -0.05) is 13.0 Å². The lowest BCUT2D eigenvalue weighted by Crippen LogP contribution is -2.42. The van der Waals surface area contributed by atoms with Crippen molar-refractivity contribution in [3.05, 3.63) is 29.3 Å². The van der Waals surface area contributed by atoms with E-state index in [4.69, 9.17) is 4.74 Å². The number of methoxy groups -OCH3 is 1. The minimum Gasteiger partial charge on any atom is -0.497 e. The van der Waals surface area contributed by atoms with E-state index in [-0.39, 0.29) is 6.04 Å². The number of fused-ring (bicyclic) bond motifs is 1. The number of carboxylic acid groups (broad SMARTS) is 1. The summed E-state index contributed by atoms with van der Waals surface area (Å²) < 4.78 is 5.14. The molecule has 92 valence electrons. The maximum atomic E-state index is 11.3. The Kier molecular flexibility index (Phi) is 3.33. The van der Waals surface area contributed by atoms with Gasteiger partial charge in [0.25, 0.3) is 0 Å². The van der Waals surface area contributed by atoms with E-state index in [0.717, 1.165) is 24.0 Å². The summed E-state index contributed by atoms with van der Waals surface area (Å²) in [5, 5.41) is 12.4. The first-order valence-electron chi connectivity index (χ1n) is 5.81. The molecule has 1 aromatic carbocycles. The molecular formula is C13H17NO3. The van der Waals surface area contributed by atoms with Crippen LogP contribution in [0.25, 0.3) is 0 Å². The number of aliphatic carboxylic acids is 1. The Bertz CT molecular complexity index is 431. The lowest BCUT2D eigenvalue weighted by atomic mass is 9.89. The molecule has 1 aliphatic heterocycles. The molecule has 0 aromatic heterocycles. The highest BCUT2D eigenvalue weighted by Gasteiger charge is 2.30. The minimum absolute atomic E-state index is 0.233. The fourth-order valence-electron chi connectivity index (χ4n) is 2.27. The van der Waals surface area contributed by atoms with Crippen molar-refractivity contribution in [3.63, 3.8) is 0 Å². The average Bonchev–Trinajstić information content (AvgIpc) is 2.36. The van der Waals surface area contributed by atoms with Crippen LogP contribution < -0.4 is 10.1 Å². The van der Waals surface area contributed by atoms with Crippen molar-refractivity contribution in [2.24, 2.45) is 0 Å². The lowest BCUT2D eigenvalue weighted by Gasteiger charge is -2.30. The van der Waals surface area contributed by atoms with Crippen LogP contribution in [0.5, 0.6) is 5.75 Å². The third-order valence-electron chi connectivity index (χ3n) is 3.27. The van der Waals surface area contributed by atoms with Crippen LogP contribution in [0.2, 0.25) is 0 Å². The number of carbonyl (C=O) groups is 1. The highest BCUT2D eigenvalue weighted by Crippen LogP contribution is 2.29. The summed E-state index contributed by atoms with van der Waals surface area (Å²) in [4.78, 5) is 11.3. The molecule has 2 unspecified atom stereocenters. The molecule has 0 aliphatic carbocycles. The first kappa shape index (κ1) is 11.9. The van der Waals surface area contributed by atoms with Gasteiger partial charge in [0, 0.05) is 6.04 Å². The number of nitrogens with one attached hydrogen (secondary N) is 1. The van der Waals surface area contributed by atoms with Crippen LogP contribution in [-0.4, -0.2) is 24.2 Å². The van der Waals surface area contributed by atoms with E-state index < -0.39 is 12.0 Å². The van der Waals surface area contributed by atoms with Gasteiger partial charge in [0.05, 0.1) is 7.11 Å². The second-order valence-electron chi connectivity index (χ2n) is 4.31. The highest BCUT2D eigenvalue weighted by atomic mass is 16.5. The van der Waals surface area contributed by atoms with Gasteiger partial charge in [-0.3, -0.25) is 10.1 Å². The van der Waals surface area contributed by atoms with Gasteiger partial charge in [-0.25, -0.2) is 0 Å². The molecule has 1 aromatic rings. The molecule has 2 N–H and O–H groups in total. The summed E-state index contributed by atoms with van der Waals surface area (Å²) in [6.07, 6.45) is 1.80. The van der Waals surface area contributed by atoms with Crippen LogP contribution in [0.3, 0.4) is 0 Å². The van der Waals surface area contributed by atoms with E-state index in [1.54, 1.807) is 7.11 Å². The molecule has 0 saturated carbocycles. The predicted molar refractivity (Wildman–Crippen MR) is 64.3 cm³/mol. The summed E-state index contributed by atoms with van der Waals surface area (Å²) in [7, 11) is 1.59. The fourth-order valence-corrected chi connectivity index (χ4v) is 2.27. The molecule has 0 spiro atoms. The molecule has 0 fully saturated rings. The van der Waals surface area contributed by atoms with E-state index in [9.17, 15) is 9.90 Å². The largest absolute Gasteiger partial charge is 0.497 e. The maximum absolute atomic E-state index is 11.3. The van der Waals surface area contributed by atoms with Crippen molar-refractivity contribution < 1.29 is 14.6 Å². The summed E-state index contributed by atoms with van der Waals surface area (Å²) in [5.74, 6) is -0.135. The zero-order valence-electron chi connectivity index (χ0n) is 10.1. The van der Waals surface area contributed by atoms with Gasteiger partial charge >= 0.3 is 5.97 Å². The van der Waals surface area contributed by atoms with Crippen LogP contribution in [0.15, 0.2) is 18.2 Å². The number of carboxylic acids is 1. The summed E-state index contributed by atoms with van der Waals surface area (Å²) >= 11 is 0. The summed E-state index contributed by atoms with van der Waals surface area (Å²) in [6, 6.07) is 5.27. The Balaban J connectivity index is 2.41. The summed E-state index contributed by atoms with van der Waals surface area (Å²) in [6.45, 7) is 2.06. The van der Waals surface area contributed by atoms with E-state index in [1.165, 1.54) is 0 Å². The van der Waals surface area contributed by atoms with Crippen molar-refractivity contribution in [1.82, 2.24) is 5.32 Å². The molecule has 0 bridgehead atoms. The Labute approximate surface area is 101 Å². The second-order valence-corrected chi connectivity index (χ2v) is 4.31. The molecule has 1 aliphatic rings. The van der Waals surface area contributed by atoms with Crippen molar-refractivity contribution in [3.8, 4) is 5.75 Å². The number of hydrogen-bond acceptors (Lipinski definition) is 3. The third kappa shape index (κ3) is 2.26. The van der Waals surface area contributed by atoms with Gasteiger partial charge in [0.1, 0.15) is 11.8 Å². The zero-order valence-corrected chi connectivity index (χ0v) is 10.1. The second kappa shape index (κ2) is 4.75. The van der Waals surface area contributed by atoms with Crippen LogP contribution in [0.4, 0.5) is 0 Å². The van der Waals surface area contributed by atoms with E-state index in [1.807, 2.05) is 18.2 Å². The Morgan fingerprint density at radius 2 is 2.35 bits per heavy atom. The number of ether oxygens (including phenoxy) is 1. The normalized spacial score (nSPS) is 22.9. The van der Waals surface area contributed by atoms with Gasteiger partial charge in [-0.15, -0.1) is 0 Å². The van der Waals surface area contributed by atoms with Crippen molar-refractivity contribution in [2.45, 2.75) is 31.8 Å². The molecule has 0 saturated heterocycles. The smallest absolute Gasteiger partial charge is 0.325 e. The van der Waals surface area contributed by atoms with Crippen molar-refractivity contribution in [1.29, 1.82) is 0 Å².